The van der Waals surface area contributed by atoms with E-state index >= 15 is 0 Å². The molecule has 0 aliphatic carbocycles. The zero-order chi connectivity index (χ0) is 17.5. The van der Waals surface area contributed by atoms with Crippen molar-refractivity contribution in [1.82, 2.24) is 29.5 Å². The third-order valence-electron chi connectivity index (χ3n) is 4.00. The van der Waals surface area contributed by atoms with Gasteiger partial charge in [-0.25, -0.2) is 9.97 Å². The molecule has 5 rings (SSSR count). The topological polar surface area (TPSA) is 101 Å². The zero-order valence-corrected chi connectivity index (χ0v) is 14.1. The molecule has 0 atom stereocenters. The number of rotatable bonds is 3. The molecular weight excluding hydrogens is 350 g/mol. The second-order valence-electron chi connectivity index (χ2n) is 5.61. The van der Waals surface area contributed by atoms with Crippen LogP contribution in [0, 0.1) is 0 Å². The summed E-state index contributed by atoms with van der Waals surface area (Å²) in [4.78, 5) is 24.4. The number of carbonyl (C=O) groups is 1. The second kappa shape index (κ2) is 5.74. The van der Waals surface area contributed by atoms with E-state index < -0.39 is 0 Å². The van der Waals surface area contributed by atoms with Gasteiger partial charge in [-0.3, -0.25) is 14.5 Å². The molecule has 0 aliphatic heterocycles. The number of thiazole rings is 1. The molecule has 8 nitrogen and oxygen atoms in total. The van der Waals surface area contributed by atoms with Gasteiger partial charge in [0.05, 0.1) is 11.3 Å². The van der Waals surface area contributed by atoms with E-state index in [0.717, 1.165) is 22.3 Å². The predicted octanol–water partition coefficient (Wildman–Crippen LogP) is 2.98. The van der Waals surface area contributed by atoms with E-state index in [4.69, 9.17) is 0 Å². The second-order valence-corrected chi connectivity index (χ2v) is 6.47. The molecule has 0 spiro atoms. The Morgan fingerprint density at radius 2 is 2.23 bits per heavy atom. The number of nitrogens with zero attached hydrogens (tertiary/aromatic N) is 5. The Balaban J connectivity index is 1.42. The van der Waals surface area contributed by atoms with Crippen LogP contribution in [0.4, 0.5) is 5.13 Å². The summed E-state index contributed by atoms with van der Waals surface area (Å²) < 4.78 is 1.70. The fourth-order valence-corrected chi connectivity index (χ4v) is 3.46. The molecule has 5 aromatic heterocycles. The van der Waals surface area contributed by atoms with Crippen LogP contribution in [0.2, 0.25) is 0 Å². The molecule has 1 amide bonds. The first-order chi connectivity index (χ1) is 12.8. The lowest BCUT2D eigenvalue weighted by molar-refractivity contribution is 0.102. The summed E-state index contributed by atoms with van der Waals surface area (Å²) in [6.45, 7) is 0. The summed E-state index contributed by atoms with van der Waals surface area (Å²) in [5, 5.41) is 14.0. The van der Waals surface area contributed by atoms with Crippen LogP contribution in [-0.4, -0.2) is 35.5 Å². The summed E-state index contributed by atoms with van der Waals surface area (Å²) >= 11 is 1.38. The summed E-state index contributed by atoms with van der Waals surface area (Å²) in [6.07, 6.45) is 6.85. The van der Waals surface area contributed by atoms with Gasteiger partial charge in [0.15, 0.2) is 10.8 Å². The molecule has 26 heavy (non-hydrogen) atoms. The summed E-state index contributed by atoms with van der Waals surface area (Å²) in [5.41, 5.74) is 3.74. The van der Waals surface area contributed by atoms with Gasteiger partial charge >= 0.3 is 0 Å². The number of aromatic nitrogens is 6. The minimum absolute atomic E-state index is 0.234. The van der Waals surface area contributed by atoms with Crippen molar-refractivity contribution in [3.05, 3.63) is 60.1 Å². The third-order valence-corrected chi connectivity index (χ3v) is 4.76. The number of H-pyrrole nitrogens is 1. The quantitative estimate of drug-likeness (QED) is 0.514. The lowest BCUT2D eigenvalue weighted by Gasteiger charge is -2.02. The zero-order valence-electron chi connectivity index (χ0n) is 13.2. The first-order valence-corrected chi connectivity index (χ1v) is 8.65. The van der Waals surface area contributed by atoms with E-state index in [1.165, 1.54) is 11.3 Å². The maximum absolute atomic E-state index is 12.5. The SMILES string of the molecule is O=C(Nc1nc(-c2c[nH]c3ncccc23)cs1)c1ccc2nncn2c1. The standard InChI is InChI=1S/C17H11N7OS/c25-16(10-3-4-14-23-20-9-24(14)7-10)22-17-21-13(8-26-17)12-6-19-15-11(12)2-1-5-18-15/h1-9H,(H,18,19)(H,21,22,25). The molecule has 5 heterocycles. The summed E-state index contributed by atoms with van der Waals surface area (Å²) in [7, 11) is 0. The largest absolute Gasteiger partial charge is 0.345 e. The van der Waals surface area contributed by atoms with Gasteiger partial charge in [-0.2, -0.15) is 0 Å². The van der Waals surface area contributed by atoms with Gasteiger partial charge < -0.3 is 4.98 Å². The fraction of sp³-hybridized carbons (Fsp3) is 0. The molecule has 0 aliphatic rings. The lowest BCUT2D eigenvalue weighted by atomic mass is 10.2. The summed E-state index contributed by atoms with van der Waals surface area (Å²) in [6, 6.07) is 7.32. The van der Waals surface area contributed by atoms with E-state index in [1.54, 1.807) is 35.3 Å². The van der Waals surface area contributed by atoms with Crippen LogP contribution in [0.3, 0.4) is 0 Å². The predicted molar refractivity (Wildman–Crippen MR) is 98.1 cm³/mol. The van der Waals surface area contributed by atoms with Crippen molar-refractivity contribution in [2.75, 3.05) is 5.32 Å². The number of nitrogens with one attached hydrogen (secondary N) is 2. The molecule has 126 valence electrons. The van der Waals surface area contributed by atoms with Crippen molar-refractivity contribution in [3.63, 3.8) is 0 Å². The van der Waals surface area contributed by atoms with Crippen LogP contribution in [-0.2, 0) is 0 Å². The van der Waals surface area contributed by atoms with Crippen molar-refractivity contribution in [2.24, 2.45) is 0 Å². The average molecular weight is 361 g/mol. The molecular formula is C17H11N7OS. The highest BCUT2D eigenvalue weighted by molar-refractivity contribution is 7.14. The molecule has 5 aromatic rings. The minimum Gasteiger partial charge on any atom is -0.345 e. The van der Waals surface area contributed by atoms with E-state index in [2.05, 4.69) is 30.5 Å². The van der Waals surface area contributed by atoms with Crippen LogP contribution < -0.4 is 5.32 Å². The van der Waals surface area contributed by atoms with Crippen molar-refractivity contribution in [3.8, 4) is 11.3 Å². The molecule has 2 N–H and O–H groups in total. The molecule has 0 fully saturated rings. The maximum atomic E-state index is 12.5. The number of carbonyl (C=O) groups excluding carboxylic acids is 1. The average Bonchev–Trinajstić information content (AvgIpc) is 3.39. The first-order valence-electron chi connectivity index (χ1n) is 7.77. The molecule has 0 saturated heterocycles. The molecule has 0 bridgehead atoms. The smallest absolute Gasteiger partial charge is 0.258 e. The van der Waals surface area contributed by atoms with E-state index in [1.807, 2.05) is 23.7 Å². The van der Waals surface area contributed by atoms with Gasteiger partial charge in [-0.1, -0.05) is 0 Å². The highest BCUT2D eigenvalue weighted by Gasteiger charge is 2.13. The Hall–Kier alpha value is -3.59. The Kier molecular flexibility index (Phi) is 3.25. The number of amides is 1. The lowest BCUT2D eigenvalue weighted by Crippen LogP contribution is -2.12. The van der Waals surface area contributed by atoms with Crippen LogP contribution >= 0.6 is 11.3 Å². The fourth-order valence-electron chi connectivity index (χ4n) is 2.75. The number of aromatic amines is 1. The van der Waals surface area contributed by atoms with Crippen LogP contribution in [0.15, 0.2) is 54.6 Å². The number of fused-ring (bicyclic) bond motifs is 2. The van der Waals surface area contributed by atoms with Crippen molar-refractivity contribution in [2.45, 2.75) is 0 Å². The van der Waals surface area contributed by atoms with Crippen molar-refractivity contribution < 1.29 is 4.79 Å². The van der Waals surface area contributed by atoms with Gasteiger partial charge in [0.1, 0.15) is 12.0 Å². The molecule has 0 radical (unpaired) electrons. The molecule has 0 aromatic carbocycles. The molecule has 0 saturated carbocycles. The normalized spacial score (nSPS) is 11.2. The Morgan fingerprint density at radius 3 is 3.19 bits per heavy atom. The van der Waals surface area contributed by atoms with Crippen molar-refractivity contribution >= 4 is 39.1 Å². The minimum atomic E-state index is -0.234. The Morgan fingerprint density at radius 1 is 1.27 bits per heavy atom. The van der Waals surface area contributed by atoms with E-state index in [-0.39, 0.29) is 5.91 Å². The van der Waals surface area contributed by atoms with E-state index in [0.29, 0.717) is 16.3 Å². The summed E-state index contributed by atoms with van der Waals surface area (Å²) in [5.74, 6) is -0.234. The number of hydrogen-bond donors (Lipinski definition) is 2. The molecule has 0 unspecified atom stereocenters. The maximum Gasteiger partial charge on any atom is 0.258 e. The first kappa shape index (κ1) is 14.7. The van der Waals surface area contributed by atoms with Crippen LogP contribution in [0.25, 0.3) is 27.9 Å². The van der Waals surface area contributed by atoms with Gasteiger partial charge in [-0.15, -0.1) is 21.5 Å². The third kappa shape index (κ3) is 2.42. The number of pyridine rings is 2. The number of anilines is 1. The molecule has 9 heteroatoms. The van der Waals surface area contributed by atoms with E-state index in [9.17, 15) is 4.79 Å². The van der Waals surface area contributed by atoms with Gasteiger partial charge in [0.2, 0.25) is 0 Å². The highest BCUT2D eigenvalue weighted by atomic mass is 32.1. The highest BCUT2D eigenvalue weighted by Crippen LogP contribution is 2.30. The number of hydrogen-bond acceptors (Lipinski definition) is 6. The van der Waals surface area contributed by atoms with Gasteiger partial charge in [-0.05, 0) is 24.3 Å². The Labute approximate surface area is 150 Å². The van der Waals surface area contributed by atoms with Crippen LogP contribution in [0.5, 0.6) is 0 Å². The monoisotopic (exact) mass is 361 g/mol. The van der Waals surface area contributed by atoms with Crippen molar-refractivity contribution in [1.29, 1.82) is 0 Å². The van der Waals surface area contributed by atoms with Gasteiger partial charge in [0, 0.05) is 34.9 Å². The van der Waals surface area contributed by atoms with Gasteiger partial charge in [0.25, 0.3) is 5.91 Å². The van der Waals surface area contributed by atoms with Crippen LogP contribution in [0.1, 0.15) is 10.4 Å². The Bertz CT molecular complexity index is 1250.